The van der Waals surface area contributed by atoms with E-state index in [1.165, 1.54) is 6.07 Å². The van der Waals surface area contributed by atoms with Crippen molar-refractivity contribution in [1.82, 2.24) is 4.90 Å². The molecular formula is C15H24F2N2O2. The van der Waals surface area contributed by atoms with E-state index in [2.05, 4.69) is 0 Å². The van der Waals surface area contributed by atoms with Gasteiger partial charge in [-0.25, -0.2) is 8.78 Å². The predicted molar refractivity (Wildman–Crippen MR) is 78.1 cm³/mol. The molecule has 1 atom stereocenters. The molecule has 2 N–H and O–H groups in total. The Kier molecular flexibility index (Phi) is 8.37. The minimum atomic E-state index is -0.852. The number of rotatable bonds is 10. The van der Waals surface area contributed by atoms with Crippen LogP contribution in [0.3, 0.4) is 0 Å². The lowest BCUT2D eigenvalue weighted by Crippen LogP contribution is -2.37. The number of nitrogens with two attached hydrogens (primary N) is 1. The highest BCUT2D eigenvalue weighted by Gasteiger charge is 2.23. The van der Waals surface area contributed by atoms with Gasteiger partial charge in [0, 0.05) is 46.0 Å². The molecule has 1 aromatic rings. The molecule has 0 aliphatic carbocycles. The average Bonchev–Trinajstić information content (AvgIpc) is 2.49. The first-order chi connectivity index (χ1) is 10.2. The van der Waals surface area contributed by atoms with Crippen LogP contribution in [0.4, 0.5) is 8.78 Å². The first-order valence-corrected chi connectivity index (χ1v) is 7.01. The van der Waals surface area contributed by atoms with Gasteiger partial charge in [-0.05, 0) is 12.5 Å². The summed E-state index contributed by atoms with van der Waals surface area (Å²) in [6.07, 6.45) is 0.785. The van der Waals surface area contributed by atoms with Gasteiger partial charge < -0.3 is 15.2 Å². The molecule has 0 amide bonds. The fourth-order valence-electron chi connectivity index (χ4n) is 2.29. The molecule has 1 rings (SSSR count). The number of ether oxygens (including phenoxy) is 2. The average molecular weight is 302 g/mol. The van der Waals surface area contributed by atoms with Crippen molar-refractivity contribution in [3.8, 4) is 0 Å². The van der Waals surface area contributed by atoms with Gasteiger partial charge in [0.05, 0.1) is 12.6 Å². The Bertz CT molecular complexity index is 419. The summed E-state index contributed by atoms with van der Waals surface area (Å²) in [7, 11) is 3.24. The van der Waals surface area contributed by atoms with E-state index in [1.54, 1.807) is 20.3 Å². The second-order valence-electron chi connectivity index (χ2n) is 4.77. The predicted octanol–water partition coefficient (Wildman–Crippen LogP) is 1.95. The Hall–Kier alpha value is -1.08. The van der Waals surface area contributed by atoms with Crippen molar-refractivity contribution in [3.05, 3.63) is 35.4 Å². The monoisotopic (exact) mass is 302 g/mol. The minimum absolute atomic E-state index is 0.205. The first kappa shape index (κ1) is 18.0. The van der Waals surface area contributed by atoms with Crippen LogP contribution in [0.2, 0.25) is 0 Å². The third kappa shape index (κ3) is 5.32. The second kappa shape index (κ2) is 9.78. The van der Waals surface area contributed by atoms with Gasteiger partial charge in [0.25, 0.3) is 0 Å². The number of halogens is 2. The fourth-order valence-corrected chi connectivity index (χ4v) is 2.29. The van der Waals surface area contributed by atoms with Crippen LogP contribution in [0.15, 0.2) is 18.2 Å². The van der Waals surface area contributed by atoms with Gasteiger partial charge in [-0.3, -0.25) is 4.90 Å². The standard InChI is InChI=1S/C15H24F2N2O2/c1-20-9-4-7-19(8-10-21-2)14(11-18)12-5-3-6-13(16)15(12)17/h3,5-6,14H,4,7-11,18H2,1-2H3. The summed E-state index contributed by atoms with van der Waals surface area (Å²) in [4.78, 5) is 2.00. The lowest BCUT2D eigenvalue weighted by atomic mass is 10.0. The van der Waals surface area contributed by atoms with Gasteiger partial charge in [-0.2, -0.15) is 0 Å². The van der Waals surface area contributed by atoms with E-state index in [0.29, 0.717) is 26.3 Å². The first-order valence-electron chi connectivity index (χ1n) is 7.01. The largest absolute Gasteiger partial charge is 0.385 e. The third-order valence-corrected chi connectivity index (χ3v) is 3.38. The fraction of sp³-hybridized carbons (Fsp3) is 0.600. The molecule has 21 heavy (non-hydrogen) atoms. The summed E-state index contributed by atoms with van der Waals surface area (Å²) in [6.45, 7) is 2.58. The van der Waals surface area contributed by atoms with Gasteiger partial charge in [0.2, 0.25) is 0 Å². The van der Waals surface area contributed by atoms with E-state index in [4.69, 9.17) is 15.2 Å². The molecule has 0 radical (unpaired) electrons. The number of methoxy groups -OCH3 is 2. The van der Waals surface area contributed by atoms with Crippen molar-refractivity contribution in [3.63, 3.8) is 0 Å². The van der Waals surface area contributed by atoms with E-state index >= 15 is 0 Å². The lowest BCUT2D eigenvalue weighted by molar-refractivity contribution is 0.106. The summed E-state index contributed by atoms with van der Waals surface area (Å²) < 4.78 is 37.5. The summed E-state index contributed by atoms with van der Waals surface area (Å²) >= 11 is 0. The second-order valence-corrected chi connectivity index (χ2v) is 4.77. The zero-order valence-electron chi connectivity index (χ0n) is 12.6. The molecule has 0 aliphatic rings. The SMILES string of the molecule is COCCCN(CCOC)C(CN)c1cccc(F)c1F. The normalized spacial score (nSPS) is 12.9. The summed E-state index contributed by atoms with van der Waals surface area (Å²) in [6, 6.07) is 3.80. The number of hydrogen-bond acceptors (Lipinski definition) is 4. The van der Waals surface area contributed by atoms with Gasteiger partial charge >= 0.3 is 0 Å². The Morgan fingerprint density at radius 3 is 2.48 bits per heavy atom. The van der Waals surface area contributed by atoms with Crippen molar-refractivity contribution in [2.24, 2.45) is 5.73 Å². The summed E-state index contributed by atoms with van der Waals surface area (Å²) in [5, 5.41) is 0. The maximum atomic E-state index is 14.0. The van der Waals surface area contributed by atoms with Crippen LogP contribution in [0.25, 0.3) is 0 Å². The smallest absolute Gasteiger partial charge is 0.163 e. The molecule has 0 fully saturated rings. The van der Waals surface area contributed by atoms with Crippen LogP contribution in [-0.2, 0) is 9.47 Å². The van der Waals surface area contributed by atoms with Crippen molar-refractivity contribution >= 4 is 0 Å². The molecular weight excluding hydrogens is 278 g/mol. The van der Waals surface area contributed by atoms with Crippen molar-refractivity contribution in [2.45, 2.75) is 12.5 Å². The maximum Gasteiger partial charge on any atom is 0.163 e. The van der Waals surface area contributed by atoms with Crippen molar-refractivity contribution in [2.75, 3.05) is 47.1 Å². The zero-order valence-corrected chi connectivity index (χ0v) is 12.6. The highest BCUT2D eigenvalue weighted by molar-refractivity contribution is 5.23. The minimum Gasteiger partial charge on any atom is -0.385 e. The summed E-state index contributed by atoms with van der Waals surface area (Å²) in [5.74, 6) is -1.68. The molecule has 0 saturated heterocycles. The van der Waals surface area contributed by atoms with Crippen LogP contribution in [0, 0.1) is 11.6 Å². The van der Waals surface area contributed by atoms with Gasteiger partial charge in [-0.1, -0.05) is 12.1 Å². The van der Waals surface area contributed by atoms with Crippen LogP contribution < -0.4 is 5.73 Å². The highest BCUT2D eigenvalue weighted by Crippen LogP contribution is 2.24. The molecule has 6 heteroatoms. The lowest BCUT2D eigenvalue weighted by Gasteiger charge is -2.31. The Morgan fingerprint density at radius 2 is 1.86 bits per heavy atom. The van der Waals surface area contributed by atoms with E-state index in [9.17, 15) is 8.78 Å². The van der Waals surface area contributed by atoms with Crippen LogP contribution in [0.1, 0.15) is 18.0 Å². The van der Waals surface area contributed by atoms with E-state index in [1.807, 2.05) is 4.90 Å². The third-order valence-electron chi connectivity index (χ3n) is 3.38. The Labute approximate surface area is 124 Å². The Balaban J connectivity index is 2.90. The van der Waals surface area contributed by atoms with Crippen molar-refractivity contribution < 1.29 is 18.3 Å². The molecule has 1 aromatic carbocycles. The Morgan fingerprint density at radius 1 is 1.14 bits per heavy atom. The summed E-state index contributed by atoms with van der Waals surface area (Å²) in [5.41, 5.74) is 6.08. The molecule has 0 aromatic heterocycles. The molecule has 0 heterocycles. The van der Waals surface area contributed by atoms with E-state index < -0.39 is 11.6 Å². The molecule has 1 unspecified atom stereocenters. The van der Waals surface area contributed by atoms with Crippen LogP contribution in [0.5, 0.6) is 0 Å². The van der Waals surface area contributed by atoms with Gasteiger partial charge in [0.15, 0.2) is 11.6 Å². The molecule has 120 valence electrons. The molecule has 0 aliphatic heterocycles. The topological polar surface area (TPSA) is 47.7 Å². The number of hydrogen-bond donors (Lipinski definition) is 1. The van der Waals surface area contributed by atoms with Crippen LogP contribution in [-0.4, -0.2) is 52.0 Å². The highest BCUT2D eigenvalue weighted by atomic mass is 19.2. The number of benzene rings is 1. The zero-order chi connectivity index (χ0) is 15.7. The quantitative estimate of drug-likeness (QED) is 0.671. The van der Waals surface area contributed by atoms with E-state index in [0.717, 1.165) is 12.5 Å². The molecule has 0 spiro atoms. The molecule has 4 nitrogen and oxygen atoms in total. The molecule has 0 saturated carbocycles. The molecule has 0 bridgehead atoms. The van der Waals surface area contributed by atoms with Crippen molar-refractivity contribution in [1.29, 1.82) is 0 Å². The van der Waals surface area contributed by atoms with Crippen LogP contribution >= 0.6 is 0 Å². The van der Waals surface area contributed by atoms with E-state index in [-0.39, 0.29) is 18.2 Å². The van der Waals surface area contributed by atoms with Gasteiger partial charge in [-0.15, -0.1) is 0 Å². The van der Waals surface area contributed by atoms with Gasteiger partial charge in [0.1, 0.15) is 0 Å². The number of nitrogens with zero attached hydrogens (tertiary/aromatic N) is 1. The maximum absolute atomic E-state index is 14.0.